The van der Waals surface area contributed by atoms with Crippen LogP contribution in [0.5, 0.6) is 0 Å². The van der Waals surface area contributed by atoms with Gasteiger partial charge in [-0.25, -0.2) is 9.59 Å². The van der Waals surface area contributed by atoms with Crippen molar-refractivity contribution < 1.29 is 146 Å². The molecule has 14 N–H and O–H groups in total. The van der Waals surface area contributed by atoms with Gasteiger partial charge in [0.1, 0.15) is 24.4 Å². The number of carboxylic acid groups (broad SMARTS) is 2. The number of ether oxygens (including phenoxy) is 14. The maximum Gasteiger partial charge on any atom is 0.364 e. The largest absolute Gasteiger partial charge is 0.477 e. The average molecular weight is 1780 g/mol. The first-order valence-corrected chi connectivity index (χ1v) is 43.5. The van der Waals surface area contributed by atoms with Gasteiger partial charge < -0.3 is 139 Å². The van der Waals surface area contributed by atoms with Crippen molar-refractivity contribution in [1.82, 2.24) is 26.6 Å². The molecule has 0 spiro atoms. The molecule has 2 heterocycles. The van der Waals surface area contributed by atoms with Gasteiger partial charge in [-0.05, 0) is 95.1 Å². The van der Waals surface area contributed by atoms with Crippen LogP contribution in [0.4, 0.5) is 5.69 Å². The Morgan fingerprint density at radius 2 is 0.710 bits per heavy atom. The number of aliphatic hydroxyl groups excluding tert-OH is 6. The Bertz CT molecular complexity index is 3910. The monoisotopic (exact) mass is 1780 g/mol. The number of aliphatic carboxylic acids is 2. The first-order chi connectivity index (χ1) is 60.0. The summed E-state index contributed by atoms with van der Waals surface area (Å²) in [6, 6.07) is 36.5. The molecule has 2 aliphatic rings. The van der Waals surface area contributed by atoms with E-state index < -0.39 is 134 Å². The zero-order chi connectivity index (χ0) is 89.2. The van der Waals surface area contributed by atoms with Crippen molar-refractivity contribution in [3.8, 4) is 22.3 Å². The van der Waals surface area contributed by atoms with Gasteiger partial charge in [0, 0.05) is 80.2 Å². The predicted molar refractivity (Wildman–Crippen MR) is 455 cm³/mol. The quantitative estimate of drug-likeness (QED) is 0.0249. The van der Waals surface area contributed by atoms with Gasteiger partial charge in [0.05, 0.1) is 188 Å². The molecular weight excluding hydrogens is 1660 g/mol. The number of aliphatic hydroxyl groups is 6. The van der Waals surface area contributed by atoms with Crippen molar-refractivity contribution in [1.29, 1.82) is 0 Å². The lowest BCUT2D eigenvalue weighted by molar-refractivity contribution is -0.310. The third-order valence-electron chi connectivity index (χ3n) is 19.1. The Morgan fingerprint density at radius 1 is 0.395 bits per heavy atom. The van der Waals surface area contributed by atoms with E-state index in [1.807, 2.05) is 60.7 Å². The highest BCUT2D eigenvalue weighted by atomic mass is 32.2. The molecule has 0 bridgehead atoms. The van der Waals surface area contributed by atoms with Crippen LogP contribution >= 0.6 is 23.5 Å². The number of benzene rings is 5. The van der Waals surface area contributed by atoms with Crippen LogP contribution in [0.3, 0.4) is 0 Å². The molecule has 6 amide bonds. The summed E-state index contributed by atoms with van der Waals surface area (Å²) < 4.78 is 78.9. The van der Waals surface area contributed by atoms with E-state index in [2.05, 4.69) is 31.9 Å². The first-order valence-electron chi connectivity index (χ1n) is 41.2. The summed E-state index contributed by atoms with van der Waals surface area (Å²) in [5.74, 6) is -8.48. The number of carboxylic acids is 2. The number of nitrogens with one attached hydrogen (secondary N) is 6. The van der Waals surface area contributed by atoms with E-state index in [1.54, 1.807) is 96.3 Å². The van der Waals surface area contributed by atoms with Gasteiger partial charge in [-0.1, -0.05) is 84.9 Å². The molecule has 124 heavy (non-hydrogen) atoms. The second kappa shape index (κ2) is 58.2. The number of hydrogen-bond donors (Lipinski definition) is 14. The molecule has 0 radical (unpaired) electrons. The molecule has 2 unspecified atom stereocenters. The summed E-state index contributed by atoms with van der Waals surface area (Å²) in [5.41, 5.74) is 5.21. The highest BCUT2D eigenvalue weighted by Crippen LogP contribution is 2.36. The van der Waals surface area contributed by atoms with Crippen molar-refractivity contribution >= 4 is 76.6 Å². The Labute approximate surface area is 729 Å². The van der Waals surface area contributed by atoms with Crippen molar-refractivity contribution in [2.24, 2.45) is 0 Å². The number of hydrogen-bond acceptors (Lipinski definition) is 30. The SMILES string of the molecule is CC(=O)N[C@@H]1[C@@H](O)C[C@](OCCCSCCOCCOCCOCCOCCOCCNC(=O)c2ccc(NC(=O)CCOCCOCCOCCOCCOCCSCCCO[C@]3(C(=O)O)C[C@H](O)[C@@H](NC(C)=O)[C@H](C(O)[C@H](O)CNC(=O)c4ccc(-c5ccccc5)cc4)O3)cc2)(C(=O)O)O[C@H]1C(O)[C@H](O)CNC(=O)c1ccc(-c2ccccc2)cc1. The fraction of sp³-hybridized carbons (Fsp3) is 0.558. The van der Waals surface area contributed by atoms with Crippen molar-refractivity contribution in [2.45, 2.75) is 118 Å². The van der Waals surface area contributed by atoms with E-state index >= 15 is 0 Å². The second-order valence-electron chi connectivity index (χ2n) is 28.6. The molecule has 686 valence electrons. The van der Waals surface area contributed by atoms with Crippen molar-refractivity contribution in [3.63, 3.8) is 0 Å². The molecule has 38 heteroatoms. The summed E-state index contributed by atoms with van der Waals surface area (Å²) in [4.78, 5) is 101. The normalized spacial score (nSPS) is 19.8. The third kappa shape index (κ3) is 37.4. The molecule has 0 aliphatic carbocycles. The van der Waals surface area contributed by atoms with E-state index in [1.165, 1.54) is 13.8 Å². The Kier molecular flexibility index (Phi) is 48.3. The van der Waals surface area contributed by atoms with Gasteiger partial charge in [-0.2, -0.15) is 23.5 Å². The van der Waals surface area contributed by atoms with E-state index in [0.717, 1.165) is 22.3 Å². The topological polar surface area (TPSA) is 500 Å². The van der Waals surface area contributed by atoms with Crippen LogP contribution in [0.2, 0.25) is 0 Å². The number of amides is 6. The zero-order valence-electron chi connectivity index (χ0n) is 69.9. The van der Waals surface area contributed by atoms with Gasteiger partial charge >= 0.3 is 11.9 Å². The molecule has 2 saturated heterocycles. The van der Waals surface area contributed by atoms with E-state index in [4.69, 9.17) is 66.3 Å². The molecule has 0 aromatic heterocycles. The average Bonchev–Trinajstić information content (AvgIpc) is 0.771. The molecule has 5 aromatic carbocycles. The van der Waals surface area contributed by atoms with Crippen molar-refractivity contribution in [3.05, 3.63) is 150 Å². The van der Waals surface area contributed by atoms with Crippen LogP contribution in [0.15, 0.2) is 133 Å². The zero-order valence-corrected chi connectivity index (χ0v) is 71.5. The Morgan fingerprint density at radius 3 is 1.06 bits per heavy atom. The minimum absolute atomic E-state index is 0.102. The fourth-order valence-electron chi connectivity index (χ4n) is 12.7. The van der Waals surface area contributed by atoms with Gasteiger partial charge in [0.25, 0.3) is 29.3 Å². The van der Waals surface area contributed by atoms with Crippen molar-refractivity contribution in [2.75, 3.05) is 193 Å². The lowest BCUT2D eigenvalue weighted by Crippen LogP contribution is -2.68. The summed E-state index contributed by atoms with van der Waals surface area (Å²) in [5, 5.41) is 103. The number of anilines is 1. The van der Waals surface area contributed by atoms with Crippen LogP contribution in [0.1, 0.15) is 77.0 Å². The highest BCUT2D eigenvalue weighted by molar-refractivity contribution is 7.99. The molecule has 7 rings (SSSR count). The summed E-state index contributed by atoms with van der Waals surface area (Å²) >= 11 is 3.08. The summed E-state index contributed by atoms with van der Waals surface area (Å²) in [6.45, 7) is 8.27. The number of carbonyl (C=O) groups is 8. The molecule has 2 fully saturated rings. The molecule has 0 saturated carbocycles. The number of carbonyl (C=O) groups excluding carboxylic acids is 6. The second-order valence-corrected chi connectivity index (χ2v) is 31.0. The minimum Gasteiger partial charge on any atom is -0.477 e. The van der Waals surface area contributed by atoms with E-state index in [9.17, 15) is 79.2 Å². The lowest BCUT2D eigenvalue weighted by Gasteiger charge is -2.46. The number of rotatable bonds is 64. The van der Waals surface area contributed by atoms with Crippen LogP contribution in [-0.2, 0) is 90.3 Å². The summed E-state index contributed by atoms with van der Waals surface area (Å²) in [6.07, 6.45) is -13.9. The molecular formula is C86H120N6O30S2. The first kappa shape index (κ1) is 103. The fourth-order valence-corrected chi connectivity index (χ4v) is 14.2. The molecule has 2 aliphatic heterocycles. The standard InChI is InChI=1S/C86H120N6O30S2/c1-59(93)90-74-69(95)55-85(83(105)106,121-78(74)76(100)71(97)57-88-81(103)65-19-15-63(16-20-65)61-11-5-3-6-12-61)119-29-9-51-123-53-49-117-47-45-115-43-41-113-39-37-111-35-33-109-31-27-73(99)92-68-25-23-67(24-26-68)80(102)87-28-32-110-34-36-112-38-40-114-42-44-116-46-48-118-50-54-124-52-10-30-120-86(84(107)108)56-70(96)75(91-60(2)94)79(122-86)77(101)72(98)58-89-82(104)66-21-17-64(18-22-66)62-13-7-4-8-14-62/h3-8,11-26,69-72,74-79,95-98,100-101H,9-10,27-58H2,1-2H3,(H,87,102)(H,88,103)(H,89,104)(H,90,93)(H,91,94)(H,92,99)(H,105,106)(H,107,108)/t69-,70-,71+,72+,74+,75+,76?,77?,78+,79+,85+,86+/m0/s1. The Balaban J connectivity index is 0.589. The molecule has 12 atom stereocenters. The van der Waals surface area contributed by atoms with Crippen LogP contribution < -0.4 is 31.9 Å². The van der Waals surface area contributed by atoms with E-state index in [0.29, 0.717) is 159 Å². The van der Waals surface area contributed by atoms with Gasteiger partial charge in [-0.3, -0.25) is 28.8 Å². The predicted octanol–water partition coefficient (Wildman–Crippen LogP) is 2.70. The molecule has 5 aromatic rings. The highest BCUT2D eigenvalue weighted by Gasteiger charge is 2.57. The van der Waals surface area contributed by atoms with Gasteiger partial charge in [0.15, 0.2) is 0 Å². The lowest BCUT2D eigenvalue weighted by atomic mass is 9.88. The maximum atomic E-state index is 13.0. The third-order valence-corrected chi connectivity index (χ3v) is 21.2. The van der Waals surface area contributed by atoms with Gasteiger partial charge in [-0.15, -0.1) is 0 Å². The Hall–Kier alpha value is -8.24. The number of thioether (sulfide) groups is 2. The van der Waals surface area contributed by atoms with Crippen LogP contribution in [0.25, 0.3) is 22.3 Å². The van der Waals surface area contributed by atoms with E-state index in [-0.39, 0.29) is 68.9 Å². The van der Waals surface area contributed by atoms with Crippen LogP contribution in [-0.4, -0.2) is 349 Å². The minimum atomic E-state index is -2.42. The smallest absolute Gasteiger partial charge is 0.364 e. The maximum absolute atomic E-state index is 13.0. The van der Waals surface area contributed by atoms with Gasteiger partial charge in [0.2, 0.25) is 17.7 Å². The van der Waals surface area contributed by atoms with Crippen LogP contribution in [0, 0.1) is 0 Å². The summed E-state index contributed by atoms with van der Waals surface area (Å²) in [7, 11) is 0. The molecule has 36 nitrogen and oxygen atoms in total.